The topological polar surface area (TPSA) is 58.6 Å². The van der Waals surface area contributed by atoms with Gasteiger partial charge < -0.3 is 15.2 Å². The van der Waals surface area contributed by atoms with Crippen LogP contribution in [-0.4, -0.2) is 37.3 Å². The fourth-order valence-corrected chi connectivity index (χ4v) is 1.39. The molecule has 0 bridgehead atoms. The molecule has 0 atom stereocenters. The van der Waals surface area contributed by atoms with E-state index in [0.717, 1.165) is 6.07 Å². The number of carbonyl (C=O) groups is 1. The number of rotatable bonds is 6. The predicted octanol–water partition coefficient (Wildman–Crippen LogP) is 1.78. The molecule has 0 unspecified atom stereocenters. The van der Waals surface area contributed by atoms with Crippen LogP contribution in [0.5, 0.6) is 0 Å². The summed E-state index contributed by atoms with van der Waals surface area (Å²) in [7, 11) is 0. The maximum atomic E-state index is 13.7. The lowest BCUT2D eigenvalue weighted by Crippen LogP contribution is -2.16. The Morgan fingerprint density at radius 1 is 1.43 bits per heavy atom. The molecule has 0 heterocycles. The Kier molecular flexibility index (Phi) is 7.29. The van der Waals surface area contributed by atoms with Gasteiger partial charge in [-0.3, -0.25) is 4.79 Å². The quantitative estimate of drug-likeness (QED) is 0.622. The number of aliphatic hydroxyl groups excluding tert-OH is 1. The molecule has 4 nitrogen and oxygen atoms in total. The predicted molar refractivity (Wildman–Crippen MR) is 70.4 cm³/mol. The average molecular weight is 301 g/mol. The summed E-state index contributed by atoms with van der Waals surface area (Å²) in [6.45, 7) is -1.24. The molecular formula is C14H14F3NO3. The van der Waals surface area contributed by atoms with Crippen molar-refractivity contribution in [3.63, 3.8) is 0 Å². The van der Waals surface area contributed by atoms with Crippen LogP contribution in [0.25, 0.3) is 0 Å². The van der Waals surface area contributed by atoms with Gasteiger partial charge in [-0.2, -0.15) is 0 Å². The van der Waals surface area contributed by atoms with Crippen molar-refractivity contribution in [1.29, 1.82) is 0 Å². The van der Waals surface area contributed by atoms with E-state index in [1.165, 1.54) is 12.1 Å². The number of alkyl halides is 2. The van der Waals surface area contributed by atoms with Gasteiger partial charge in [-0.15, -0.1) is 0 Å². The van der Waals surface area contributed by atoms with Crippen molar-refractivity contribution in [2.24, 2.45) is 0 Å². The monoisotopic (exact) mass is 301 g/mol. The zero-order valence-corrected chi connectivity index (χ0v) is 11.0. The first kappa shape index (κ1) is 17.0. The van der Waals surface area contributed by atoms with Crippen LogP contribution in [0.2, 0.25) is 0 Å². The van der Waals surface area contributed by atoms with Gasteiger partial charge in [0.2, 0.25) is 5.91 Å². The number of halogens is 3. The summed E-state index contributed by atoms with van der Waals surface area (Å²) < 4.78 is 41.8. The molecule has 0 aliphatic carbocycles. The summed E-state index contributed by atoms with van der Waals surface area (Å²) in [4.78, 5) is 11.5. The molecule has 114 valence electrons. The molecule has 0 saturated carbocycles. The smallest absolute Gasteiger partial charge is 0.261 e. The van der Waals surface area contributed by atoms with Gasteiger partial charge in [-0.05, 0) is 18.2 Å². The zero-order valence-electron chi connectivity index (χ0n) is 11.0. The number of hydrogen-bond acceptors (Lipinski definition) is 3. The standard InChI is InChI=1S/C14H14F3NO3/c15-11-8-10(2-1-6-19)3-4-12(11)18-14(20)5-7-21-9-13(16)17/h3-4,8,13,19H,5-7,9H2,(H,18,20). The van der Waals surface area contributed by atoms with Crippen molar-refractivity contribution in [3.05, 3.63) is 29.6 Å². The Balaban J connectivity index is 2.49. The number of amides is 1. The number of nitrogens with one attached hydrogen (secondary N) is 1. The molecule has 0 aliphatic heterocycles. The first-order valence-corrected chi connectivity index (χ1v) is 6.08. The Labute approximate surface area is 119 Å². The lowest BCUT2D eigenvalue weighted by Gasteiger charge is -2.07. The molecule has 1 aromatic carbocycles. The van der Waals surface area contributed by atoms with Gasteiger partial charge in [0.25, 0.3) is 6.43 Å². The van der Waals surface area contributed by atoms with Crippen LogP contribution in [0.4, 0.5) is 18.9 Å². The fraction of sp³-hybridized carbons (Fsp3) is 0.357. The van der Waals surface area contributed by atoms with Crippen LogP contribution < -0.4 is 5.32 Å². The van der Waals surface area contributed by atoms with E-state index in [0.29, 0.717) is 5.56 Å². The SMILES string of the molecule is O=C(CCOCC(F)F)Nc1ccc(C#CCO)cc1F. The largest absolute Gasteiger partial charge is 0.384 e. The molecule has 21 heavy (non-hydrogen) atoms. The summed E-state index contributed by atoms with van der Waals surface area (Å²) in [5.41, 5.74) is 0.322. The summed E-state index contributed by atoms with van der Waals surface area (Å²) >= 11 is 0. The summed E-state index contributed by atoms with van der Waals surface area (Å²) in [5, 5.41) is 10.8. The summed E-state index contributed by atoms with van der Waals surface area (Å²) in [6, 6.07) is 3.93. The second-order valence-electron chi connectivity index (χ2n) is 3.92. The van der Waals surface area contributed by atoms with Crippen LogP contribution in [0.1, 0.15) is 12.0 Å². The minimum absolute atomic E-state index is 0.0385. The van der Waals surface area contributed by atoms with Gasteiger partial charge in [-0.25, -0.2) is 13.2 Å². The molecule has 0 aromatic heterocycles. The maximum absolute atomic E-state index is 13.7. The maximum Gasteiger partial charge on any atom is 0.261 e. The zero-order chi connectivity index (χ0) is 15.7. The van der Waals surface area contributed by atoms with Gasteiger partial charge in [0.05, 0.1) is 18.7 Å². The van der Waals surface area contributed by atoms with Crippen molar-refractivity contribution in [2.45, 2.75) is 12.8 Å². The Morgan fingerprint density at radius 2 is 2.19 bits per heavy atom. The number of ether oxygens (including phenoxy) is 1. The first-order valence-electron chi connectivity index (χ1n) is 6.08. The third-order valence-electron chi connectivity index (χ3n) is 2.27. The van der Waals surface area contributed by atoms with Crippen molar-refractivity contribution in [3.8, 4) is 11.8 Å². The average Bonchev–Trinajstić information content (AvgIpc) is 2.44. The third-order valence-corrected chi connectivity index (χ3v) is 2.27. The highest BCUT2D eigenvalue weighted by atomic mass is 19.3. The van der Waals surface area contributed by atoms with E-state index in [2.05, 4.69) is 21.9 Å². The lowest BCUT2D eigenvalue weighted by molar-refractivity contribution is -0.117. The van der Waals surface area contributed by atoms with Crippen LogP contribution in [0.3, 0.4) is 0 Å². The molecule has 0 saturated heterocycles. The van der Waals surface area contributed by atoms with E-state index in [1.54, 1.807) is 0 Å². The highest BCUT2D eigenvalue weighted by Gasteiger charge is 2.08. The van der Waals surface area contributed by atoms with Crippen molar-refractivity contribution < 1.29 is 27.8 Å². The molecule has 0 aliphatic rings. The molecule has 1 aromatic rings. The van der Waals surface area contributed by atoms with Gasteiger partial charge >= 0.3 is 0 Å². The highest BCUT2D eigenvalue weighted by molar-refractivity contribution is 5.90. The second kappa shape index (κ2) is 9.00. The van der Waals surface area contributed by atoms with Crippen LogP contribution in [-0.2, 0) is 9.53 Å². The minimum atomic E-state index is -2.59. The number of hydrogen-bond donors (Lipinski definition) is 2. The molecule has 7 heteroatoms. The fourth-order valence-electron chi connectivity index (χ4n) is 1.39. The second-order valence-corrected chi connectivity index (χ2v) is 3.92. The van der Waals surface area contributed by atoms with Gasteiger partial charge in [0, 0.05) is 5.56 Å². The number of carbonyl (C=O) groups excluding carboxylic acids is 1. The van der Waals surface area contributed by atoms with E-state index in [1.807, 2.05) is 0 Å². The van der Waals surface area contributed by atoms with Crippen molar-refractivity contribution in [2.75, 3.05) is 25.1 Å². The Morgan fingerprint density at radius 3 is 2.81 bits per heavy atom. The molecule has 0 radical (unpaired) electrons. The normalized spacial score (nSPS) is 10.1. The van der Waals surface area contributed by atoms with E-state index in [-0.39, 0.29) is 25.3 Å². The number of aliphatic hydroxyl groups is 1. The summed E-state index contributed by atoms with van der Waals surface area (Å²) in [6.07, 6.45) is -2.74. The number of anilines is 1. The molecule has 1 amide bonds. The first-order chi connectivity index (χ1) is 10.0. The minimum Gasteiger partial charge on any atom is -0.384 e. The van der Waals surface area contributed by atoms with Crippen molar-refractivity contribution >= 4 is 11.6 Å². The van der Waals surface area contributed by atoms with Crippen molar-refractivity contribution in [1.82, 2.24) is 0 Å². The van der Waals surface area contributed by atoms with E-state index < -0.39 is 24.8 Å². The van der Waals surface area contributed by atoms with E-state index in [9.17, 15) is 18.0 Å². The van der Waals surface area contributed by atoms with Crippen LogP contribution in [0.15, 0.2) is 18.2 Å². The van der Waals surface area contributed by atoms with Crippen LogP contribution >= 0.6 is 0 Å². The molecule has 0 spiro atoms. The molecular weight excluding hydrogens is 287 g/mol. The summed E-state index contributed by atoms with van der Waals surface area (Å²) in [5.74, 6) is 3.67. The van der Waals surface area contributed by atoms with Gasteiger partial charge in [-0.1, -0.05) is 11.8 Å². The lowest BCUT2D eigenvalue weighted by atomic mass is 10.2. The third kappa shape index (κ3) is 6.79. The molecule has 2 N–H and O–H groups in total. The molecule has 1 rings (SSSR count). The Hall–Kier alpha value is -2.04. The molecule has 0 fully saturated rings. The van der Waals surface area contributed by atoms with Gasteiger partial charge in [0.1, 0.15) is 19.0 Å². The number of benzene rings is 1. The van der Waals surface area contributed by atoms with E-state index >= 15 is 0 Å². The highest BCUT2D eigenvalue weighted by Crippen LogP contribution is 2.15. The Bertz CT molecular complexity index is 538. The van der Waals surface area contributed by atoms with Gasteiger partial charge in [0.15, 0.2) is 0 Å². The van der Waals surface area contributed by atoms with Crippen LogP contribution in [0, 0.1) is 17.7 Å². The van der Waals surface area contributed by atoms with E-state index in [4.69, 9.17) is 5.11 Å².